The molecule has 0 aliphatic carbocycles. The van der Waals surface area contributed by atoms with Crippen molar-refractivity contribution >= 4 is 12.0 Å². The molecular formula is C14H18N2O4. The van der Waals surface area contributed by atoms with Gasteiger partial charge in [0.2, 0.25) is 0 Å². The lowest BCUT2D eigenvalue weighted by molar-refractivity contribution is 0.0952. The highest BCUT2D eigenvalue weighted by molar-refractivity contribution is 5.94. The van der Waals surface area contributed by atoms with Crippen molar-refractivity contribution in [3.8, 4) is 5.75 Å². The van der Waals surface area contributed by atoms with E-state index in [4.69, 9.17) is 9.47 Å². The summed E-state index contributed by atoms with van der Waals surface area (Å²) in [6.45, 7) is 4.17. The molecule has 0 heterocycles. The number of hydrogen-bond donors (Lipinski definition) is 2. The average Bonchev–Trinajstić information content (AvgIpc) is 2.49. The largest absolute Gasteiger partial charge is 0.497 e. The Labute approximate surface area is 117 Å². The third kappa shape index (κ3) is 5.43. The lowest BCUT2D eigenvalue weighted by atomic mass is 10.2. The van der Waals surface area contributed by atoms with E-state index in [0.717, 1.165) is 0 Å². The van der Waals surface area contributed by atoms with Crippen LogP contribution in [0.1, 0.15) is 10.4 Å². The van der Waals surface area contributed by atoms with Crippen LogP contribution >= 0.6 is 0 Å². The molecular weight excluding hydrogens is 260 g/mol. The second-order valence-corrected chi connectivity index (χ2v) is 3.80. The lowest BCUT2D eigenvalue weighted by Gasteiger charge is -2.08. The zero-order valence-corrected chi connectivity index (χ0v) is 11.3. The molecule has 6 heteroatoms. The third-order valence-electron chi connectivity index (χ3n) is 2.34. The first kappa shape index (κ1) is 15.6. The number of alkyl carbamates (subject to hydrolysis) is 1. The van der Waals surface area contributed by atoms with Gasteiger partial charge in [-0.2, -0.15) is 0 Å². The molecule has 1 aromatic rings. The van der Waals surface area contributed by atoms with Crippen molar-refractivity contribution in [3.05, 3.63) is 42.5 Å². The van der Waals surface area contributed by atoms with E-state index in [-0.39, 0.29) is 19.1 Å². The molecule has 0 radical (unpaired) electrons. The summed E-state index contributed by atoms with van der Waals surface area (Å²) < 4.78 is 9.75. The second-order valence-electron chi connectivity index (χ2n) is 3.80. The van der Waals surface area contributed by atoms with Crippen molar-refractivity contribution in [3.63, 3.8) is 0 Å². The van der Waals surface area contributed by atoms with E-state index in [2.05, 4.69) is 17.2 Å². The van der Waals surface area contributed by atoms with Crippen molar-refractivity contribution in [2.45, 2.75) is 0 Å². The monoisotopic (exact) mass is 278 g/mol. The summed E-state index contributed by atoms with van der Waals surface area (Å²) in [5.74, 6) is 0.383. The van der Waals surface area contributed by atoms with Gasteiger partial charge in [0, 0.05) is 18.7 Å². The Hall–Kier alpha value is -2.50. The first-order valence-corrected chi connectivity index (χ1v) is 6.11. The molecule has 0 unspecified atom stereocenters. The Morgan fingerprint density at radius 2 is 2.05 bits per heavy atom. The summed E-state index contributed by atoms with van der Waals surface area (Å²) in [6.07, 6.45) is 0.935. The van der Waals surface area contributed by atoms with Gasteiger partial charge in [0.15, 0.2) is 0 Å². The van der Waals surface area contributed by atoms with Crippen molar-refractivity contribution in [1.82, 2.24) is 10.6 Å². The molecule has 0 aromatic heterocycles. The number of ether oxygens (including phenoxy) is 2. The first-order chi connectivity index (χ1) is 9.67. The van der Waals surface area contributed by atoms with Gasteiger partial charge in [0.1, 0.15) is 12.4 Å². The van der Waals surface area contributed by atoms with Crippen LogP contribution in [0, 0.1) is 0 Å². The highest BCUT2D eigenvalue weighted by atomic mass is 16.5. The number of hydrogen-bond acceptors (Lipinski definition) is 4. The Morgan fingerprint density at radius 3 is 2.75 bits per heavy atom. The number of benzene rings is 1. The van der Waals surface area contributed by atoms with E-state index in [0.29, 0.717) is 17.9 Å². The fourth-order valence-electron chi connectivity index (χ4n) is 1.39. The van der Waals surface area contributed by atoms with Crippen LogP contribution in [0.3, 0.4) is 0 Å². The van der Waals surface area contributed by atoms with Gasteiger partial charge < -0.3 is 20.1 Å². The molecule has 6 nitrogen and oxygen atoms in total. The van der Waals surface area contributed by atoms with Crippen molar-refractivity contribution in [2.24, 2.45) is 0 Å². The maximum Gasteiger partial charge on any atom is 0.407 e. The van der Waals surface area contributed by atoms with Crippen LogP contribution in [0.2, 0.25) is 0 Å². The molecule has 0 spiro atoms. The van der Waals surface area contributed by atoms with Gasteiger partial charge in [0.05, 0.1) is 7.11 Å². The van der Waals surface area contributed by atoms with Crippen LogP contribution in [0.15, 0.2) is 36.9 Å². The third-order valence-corrected chi connectivity index (χ3v) is 2.34. The number of rotatable bonds is 7. The predicted octanol–water partition coefficient (Wildman–Crippen LogP) is 1.34. The summed E-state index contributed by atoms with van der Waals surface area (Å²) in [5.41, 5.74) is 0.499. The smallest absolute Gasteiger partial charge is 0.407 e. The van der Waals surface area contributed by atoms with Crippen LogP contribution in [-0.4, -0.2) is 38.8 Å². The Morgan fingerprint density at radius 1 is 1.30 bits per heavy atom. The molecule has 0 aliphatic heterocycles. The van der Waals surface area contributed by atoms with E-state index >= 15 is 0 Å². The molecule has 0 bridgehead atoms. The van der Waals surface area contributed by atoms with Crippen LogP contribution < -0.4 is 15.4 Å². The molecule has 1 rings (SSSR count). The maximum atomic E-state index is 11.8. The summed E-state index contributed by atoms with van der Waals surface area (Å²) >= 11 is 0. The fourth-order valence-corrected chi connectivity index (χ4v) is 1.39. The van der Waals surface area contributed by atoms with E-state index in [1.54, 1.807) is 24.3 Å². The molecule has 108 valence electrons. The maximum absolute atomic E-state index is 11.8. The summed E-state index contributed by atoms with van der Waals surface area (Å²) in [5, 5.41) is 5.18. The van der Waals surface area contributed by atoms with Crippen LogP contribution in [0.25, 0.3) is 0 Å². The lowest BCUT2D eigenvalue weighted by Crippen LogP contribution is -2.35. The SMILES string of the molecule is C=CCOC(=O)NCCNC(=O)c1cccc(OC)c1. The number of carbonyl (C=O) groups excluding carboxylic acids is 2. The van der Waals surface area contributed by atoms with Gasteiger partial charge in [-0.25, -0.2) is 4.79 Å². The predicted molar refractivity (Wildman–Crippen MR) is 74.9 cm³/mol. The number of methoxy groups -OCH3 is 1. The summed E-state index contributed by atoms with van der Waals surface area (Å²) in [6, 6.07) is 6.82. The van der Waals surface area contributed by atoms with Crippen LogP contribution in [0.4, 0.5) is 4.79 Å². The van der Waals surface area contributed by atoms with Gasteiger partial charge in [-0.1, -0.05) is 18.7 Å². The fraction of sp³-hybridized carbons (Fsp3) is 0.286. The number of carbonyl (C=O) groups is 2. The minimum atomic E-state index is -0.541. The zero-order chi connectivity index (χ0) is 14.8. The molecule has 0 saturated carbocycles. The molecule has 0 saturated heterocycles. The normalized spacial score (nSPS) is 9.45. The minimum Gasteiger partial charge on any atom is -0.497 e. The molecule has 2 N–H and O–H groups in total. The summed E-state index contributed by atoms with van der Waals surface area (Å²) in [4.78, 5) is 22.9. The van der Waals surface area contributed by atoms with Gasteiger partial charge in [-0.05, 0) is 18.2 Å². The summed E-state index contributed by atoms with van der Waals surface area (Å²) in [7, 11) is 1.54. The standard InChI is InChI=1S/C14H18N2O4/c1-3-9-20-14(18)16-8-7-15-13(17)11-5-4-6-12(10-11)19-2/h3-6,10H,1,7-9H2,2H3,(H,15,17)(H,16,18). The highest BCUT2D eigenvalue weighted by Gasteiger charge is 2.06. The topological polar surface area (TPSA) is 76.7 Å². The molecule has 0 fully saturated rings. The van der Waals surface area contributed by atoms with Crippen molar-refractivity contribution < 1.29 is 19.1 Å². The van der Waals surface area contributed by atoms with Gasteiger partial charge >= 0.3 is 6.09 Å². The van der Waals surface area contributed by atoms with E-state index in [1.165, 1.54) is 13.2 Å². The van der Waals surface area contributed by atoms with Gasteiger partial charge in [0.25, 0.3) is 5.91 Å². The van der Waals surface area contributed by atoms with E-state index in [1.807, 2.05) is 0 Å². The first-order valence-electron chi connectivity index (χ1n) is 6.11. The van der Waals surface area contributed by atoms with Crippen molar-refractivity contribution in [1.29, 1.82) is 0 Å². The highest BCUT2D eigenvalue weighted by Crippen LogP contribution is 2.11. The van der Waals surface area contributed by atoms with Crippen LogP contribution in [-0.2, 0) is 4.74 Å². The van der Waals surface area contributed by atoms with Crippen LogP contribution in [0.5, 0.6) is 5.75 Å². The van der Waals surface area contributed by atoms with Gasteiger partial charge in [-0.3, -0.25) is 4.79 Å². The average molecular weight is 278 g/mol. The molecule has 2 amide bonds. The Kier molecular flexibility index (Phi) is 6.67. The van der Waals surface area contributed by atoms with Crippen molar-refractivity contribution in [2.75, 3.05) is 26.8 Å². The number of nitrogens with one attached hydrogen (secondary N) is 2. The Bertz CT molecular complexity index is 474. The molecule has 0 aliphatic rings. The minimum absolute atomic E-state index is 0.155. The molecule has 0 atom stereocenters. The second kappa shape index (κ2) is 8.58. The quantitative estimate of drug-likeness (QED) is 0.583. The molecule has 1 aromatic carbocycles. The number of amides is 2. The molecule has 20 heavy (non-hydrogen) atoms. The Balaban J connectivity index is 2.29. The zero-order valence-electron chi connectivity index (χ0n) is 11.3. The van der Waals surface area contributed by atoms with E-state index in [9.17, 15) is 9.59 Å². The van der Waals surface area contributed by atoms with Gasteiger partial charge in [-0.15, -0.1) is 0 Å². The van der Waals surface area contributed by atoms with E-state index < -0.39 is 6.09 Å².